The number of H-pyrrole nitrogens is 1. The molecule has 0 saturated heterocycles. The molecule has 0 unspecified atom stereocenters. The number of nitrogens with zero attached hydrogens (tertiary/aromatic N) is 1. The second-order valence-electron chi connectivity index (χ2n) is 5.28. The fraction of sp³-hybridized carbons (Fsp3) is 0.235. The summed E-state index contributed by atoms with van der Waals surface area (Å²) < 4.78 is 5.92. The van der Waals surface area contributed by atoms with Crippen LogP contribution in [0.15, 0.2) is 30.5 Å². The quantitative estimate of drug-likeness (QED) is 0.601. The molecule has 0 saturated carbocycles. The number of aromatic amines is 1. The van der Waals surface area contributed by atoms with Crippen LogP contribution >= 0.6 is 11.3 Å². The maximum Gasteiger partial charge on any atom is 0.354 e. The first-order valence-electron chi connectivity index (χ1n) is 7.92. The molecule has 7 nitrogen and oxygen atoms in total. The van der Waals surface area contributed by atoms with Gasteiger partial charge in [-0.3, -0.25) is 5.32 Å². The van der Waals surface area contributed by atoms with Gasteiger partial charge in [0.1, 0.15) is 5.69 Å². The van der Waals surface area contributed by atoms with E-state index in [0.717, 1.165) is 16.6 Å². The number of hydrogen-bond donors (Lipinski definition) is 3. The van der Waals surface area contributed by atoms with Crippen molar-refractivity contribution in [1.82, 2.24) is 9.97 Å². The van der Waals surface area contributed by atoms with Crippen LogP contribution < -0.4 is 10.6 Å². The molecule has 0 bridgehead atoms. The number of urea groups is 1. The number of carbonyl (C=O) groups is 2. The standard InChI is InChI=1S/C17H18N4O3S/c1-3-10-5-6-12-14(7-10)25-17(20-12)21-16(23)19-11-8-13(18-9-11)15(22)24-4-2/h5-9,18H,3-4H2,1-2H3,(H2,19,20,21,23). The van der Waals surface area contributed by atoms with E-state index in [1.54, 1.807) is 6.92 Å². The van der Waals surface area contributed by atoms with Gasteiger partial charge in [0.05, 0.1) is 22.5 Å². The first kappa shape index (κ1) is 17.0. The Hall–Kier alpha value is -2.87. The maximum atomic E-state index is 12.1. The van der Waals surface area contributed by atoms with E-state index < -0.39 is 12.0 Å². The summed E-state index contributed by atoms with van der Waals surface area (Å²) in [7, 11) is 0. The van der Waals surface area contributed by atoms with E-state index in [4.69, 9.17) is 4.74 Å². The zero-order chi connectivity index (χ0) is 17.8. The van der Waals surface area contributed by atoms with Gasteiger partial charge in [-0.15, -0.1) is 0 Å². The average Bonchev–Trinajstić information content (AvgIpc) is 3.20. The predicted octanol–water partition coefficient (Wildman–Crippen LogP) is 4.01. The molecule has 25 heavy (non-hydrogen) atoms. The number of ether oxygens (including phenoxy) is 1. The average molecular weight is 358 g/mol. The van der Waals surface area contributed by atoms with Gasteiger partial charge in [0.2, 0.25) is 0 Å². The van der Waals surface area contributed by atoms with Crippen LogP contribution in [0.1, 0.15) is 29.9 Å². The van der Waals surface area contributed by atoms with E-state index in [0.29, 0.717) is 17.4 Å². The van der Waals surface area contributed by atoms with Crippen molar-refractivity contribution in [3.8, 4) is 0 Å². The van der Waals surface area contributed by atoms with Gasteiger partial charge < -0.3 is 15.0 Å². The molecular formula is C17H18N4O3S. The van der Waals surface area contributed by atoms with Crippen molar-refractivity contribution < 1.29 is 14.3 Å². The fourth-order valence-electron chi connectivity index (χ4n) is 2.30. The highest BCUT2D eigenvalue weighted by atomic mass is 32.1. The normalized spacial score (nSPS) is 10.6. The Balaban J connectivity index is 1.65. The molecule has 0 spiro atoms. The fourth-order valence-corrected chi connectivity index (χ4v) is 3.22. The van der Waals surface area contributed by atoms with E-state index in [2.05, 4.69) is 33.6 Å². The zero-order valence-electron chi connectivity index (χ0n) is 13.9. The third-order valence-electron chi connectivity index (χ3n) is 3.52. The number of amides is 2. The molecule has 0 atom stereocenters. The Kier molecular flexibility index (Phi) is 4.99. The molecule has 0 radical (unpaired) electrons. The first-order chi connectivity index (χ1) is 12.1. The minimum Gasteiger partial charge on any atom is -0.461 e. The maximum absolute atomic E-state index is 12.1. The molecule has 3 rings (SSSR count). The Morgan fingerprint density at radius 3 is 2.84 bits per heavy atom. The largest absolute Gasteiger partial charge is 0.461 e. The van der Waals surface area contributed by atoms with Crippen molar-refractivity contribution in [1.29, 1.82) is 0 Å². The van der Waals surface area contributed by atoms with Crippen molar-refractivity contribution in [2.75, 3.05) is 17.2 Å². The molecule has 3 aromatic rings. The summed E-state index contributed by atoms with van der Waals surface area (Å²) in [5.41, 5.74) is 2.83. The Morgan fingerprint density at radius 2 is 2.08 bits per heavy atom. The van der Waals surface area contributed by atoms with Crippen LogP contribution in [0.2, 0.25) is 0 Å². The lowest BCUT2D eigenvalue weighted by molar-refractivity contribution is 0.0520. The van der Waals surface area contributed by atoms with E-state index in [1.165, 1.54) is 29.2 Å². The number of benzene rings is 1. The summed E-state index contributed by atoms with van der Waals surface area (Å²) in [6.07, 6.45) is 2.48. The zero-order valence-corrected chi connectivity index (χ0v) is 14.7. The van der Waals surface area contributed by atoms with Crippen LogP contribution in [0.3, 0.4) is 0 Å². The van der Waals surface area contributed by atoms with Gasteiger partial charge in [-0.1, -0.05) is 24.3 Å². The smallest absolute Gasteiger partial charge is 0.354 e. The molecule has 3 N–H and O–H groups in total. The van der Waals surface area contributed by atoms with Crippen molar-refractivity contribution >= 4 is 44.4 Å². The Morgan fingerprint density at radius 1 is 1.24 bits per heavy atom. The highest BCUT2D eigenvalue weighted by Gasteiger charge is 2.12. The predicted molar refractivity (Wildman–Crippen MR) is 98.4 cm³/mol. The Bertz CT molecular complexity index is 916. The van der Waals surface area contributed by atoms with Gasteiger partial charge in [0.15, 0.2) is 5.13 Å². The van der Waals surface area contributed by atoms with Crippen molar-refractivity contribution in [3.05, 3.63) is 41.7 Å². The molecular weight excluding hydrogens is 340 g/mol. The highest BCUT2D eigenvalue weighted by molar-refractivity contribution is 7.22. The molecule has 0 fully saturated rings. The highest BCUT2D eigenvalue weighted by Crippen LogP contribution is 2.27. The van der Waals surface area contributed by atoms with Crippen molar-refractivity contribution in [2.45, 2.75) is 20.3 Å². The number of hydrogen-bond acceptors (Lipinski definition) is 5. The number of esters is 1. The summed E-state index contributed by atoms with van der Waals surface area (Å²) in [4.78, 5) is 30.9. The number of carbonyl (C=O) groups excluding carboxylic acids is 2. The lowest BCUT2D eigenvalue weighted by Gasteiger charge is -2.02. The molecule has 2 aromatic heterocycles. The molecule has 2 heterocycles. The van der Waals surface area contributed by atoms with Gasteiger partial charge in [-0.25, -0.2) is 14.6 Å². The lowest BCUT2D eigenvalue weighted by atomic mass is 10.2. The van der Waals surface area contributed by atoms with Crippen LogP contribution in [0, 0.1) is 0 Å². The van der Waals surface area contributed by atoms with Crippen LogP contribution in [0.25, 0.3) is 10.2 Å². The molecule has 130 valence electrons. The van der Waals surface area contributed by atoms with E-state index in [-0.39, 0.29) is 5.69 Å². The third kappa shape index (κ3) is 3.97. The Labute approximate surface area is 148 Å². The molecule has 1 aromatic carbocycles. The monoisotopic (exact) mass is 358 g/mol. The van der Waals surface area contributed by atoms with Crippen LogP contribution in [0.4, 0.5) is 15.6 Å². The number of thiazole rings is 1. The molecule has 0 aliphatic rings. The summed E-state index contributed by atoms with van der Waals surface area (Å²) in [6, 6.07) is 7.15. The van der Waals surface area contributed by atoms with Crippen molar-refractivity contribution in [2.24, 2.45) is 0 Å². The second-order valence-corrected chi connectivity index (χ2v) is 6.31. The minimum absolute atomic E-state index is 0.282. The van der Waals surface area contributed by atoms with E-state index in [9.17, 15) is 9.59 Å². The van der Waals surface area contributed by atoms with E-state index >= 15 is 0 Å². The van der Waals surface area contributed by atoms with Gasteiger partial charge in [0, 0.05) is 6.20 Å². The minimum atomic E-state index is -0.464. The second kappa shape index (κ2) is 7.35. The van der Waals surface area contributed by atoms with Crippen LogP contribution in [0.5, 0.6) is 0 Å². The number of aromatic nitrogens is 2. The van der Waals surface area contributed by atoms with E-state index in [1.807, 2.05) is 12.1 Å². The number of aryl methyl sites for hydroxylation is 1. The number of fused-ring (bicyclic) bond motifs is 1. The van der Waals surface area contributed by atoms with Crippen molar-refractivity contribution in [3.63, 3.8) is 0 Å². The summed E-state index contributed by atoms with van der Waals surface area (Å²) in [6.45, 7) is 4.11. The van der Waals surface area contributed by atoms with Crippen LogP contribution in [-0.2, 0) is 11.2 Å². The summed E-state index contributed by atoms with van der Waals surface area (Å²) in [5.74, 6) is -0.464. The first-order valence-corrected chi connectivity index (χ1v) is 8.73. The number of anilines is 2. The topological polar surface area (TPSA) is 96.1 Å². The molecule has 8 heteroatoms. The third-order valence-corrected chi connectivity index (χ3v) is 4.45. The number of rotatable bonds is 5. The summed E-state index contributed by atoms with van der Waals surface area (Å²) >= 11 is 1.42. The molecule has 0 aliphatic carbocycles. The molecule has 2 amide bonds. The van der Waals surface area contributed by atoms with Gasteiger partial charge in [-0.05, 0) is 37.1 Å². The molecule has 0 aliphatic heterocycles. The SMILES string of the molecule is CCOC(=O)c1cc(NC(=O)Nc2nc3ccc(CC)cc3s2)c[nH]1. The van der Waals surface area contributed by atoms with Gasteiger partial charge in [-0.2, -0.15) is 0 Å². The van der Waals surface area contributed by atoms with Gasteiger partial charge >= 0.3 is 12.0 Å². The van der Waals surface area contributed by atoms with Gasteiger partial charge in [0.25, 0.3) is 0 Å². The van der Waals surface area contributed by atoms with Crippen LogP contribution in [-0.4, -0.2) is 28.6 Å². The number of nitrogens with one attached hydrogen (secondary N) is 3. The lowest BCUT2D eigenvalue weighted by Crippen LogP contribution is -2.18. The summed E-state index contributed by atoms with van der Waals surface area (Å²) in [5, 5.41) is 5.88.